The molecule has 1 fully saturated rings. The van der Waals surface area contributed by atoms with Crippen molar-refractivity contribution in [2.45, 2.75) is 11.3 Å². The summed E-state index contributed by atoms with van der Waals surface area (Å²) < 4.78 is 0.946. The van der Waals surface area contributed by atoms with Gasteiger partial charge in [0.25, 0.3) is 0 Å². The predicted octanol–water partition coefficient (Wildman–Crippen LogP) is 3.67. The maximum absolute atomic E-state index is 12.3. The van der Waals surface area contributed by atoms with Crippen LogP contribution in [0.2, 0.25) is 0 Å². The fourth-order valence-electron chi connectivity index (χ4n) is 2.71. The number of thioether (sulfide) groups is 1. The Kier molecular flexibility index (Phi) is 6.11. The molecule has 0 aromatic heterocycles. The Morgan fingerprint density at radius 1 is 1.23 bits per heavy atom. The van der Waals surface area contributed by atoms with Gasteiger partial charge in [0.2, 0.25) is 11.8 Å². The number of anilines is 1. The summed E-state index contributed by atoms with van der Waals surface area (Å²) in [5.74, 6) is -0.693. The first-order valence-electron chi connectivity index (χ1n) is 8.09. The Hall–Kier alpha value is -2.12. The van der Waals surface area contributed by atoms with Crippen molar-refractivity contribution < 1.29 is 9.59 Å². The monoisotopic (exact) mass is 431 g/mol. The molecule has 1 atom stereocenters. The molecule has 134 valence electrons. The second-order valence-corrected chi connectivity index (χ2v) is 7.68. The summed E-state index contributed by atoms with van der Waals surface area (Å²) in [5.41, 5.74) is 4.24. The molecule has 5 nitrogen and oxygen atoms in total. The minimum Gasteiger partial charge on any atom is -0.312 e. The summed E-state index contributed by atoms with van der Waals surface area (Å²) in [4.78, 5) is 27.3. The molecule has 0 saturated carbocycles. The molecule has 7 heteroatoms. The zero-order valence-electron chi connectivity index (χ0n) is 14.2. The first kappa shape index (κ1) is 18.7. The molecule has 1 aliphatic heterocycles. The van der Waals surface area contributed by atoms with Gasteiger partial charge in [0.15, 0.2) is 0 Å². The lowest BCUT2D eigenvalue weighted by Gasteiger charge is -2.16. The number of nitrogens with one attached hydrogen (secondary N) is 1. The highest BCUT2D eigenvalue weighted by molar-refractivity contribution is 9.10. The second-order valence-electron chi connectivity index (χ2n) is 5.89. The zero-order valence-corrected chi connectivity index (χ0v) is 16.6. The highest BCUT2D eigenvalue weighted by Crippen LogP contribution is 2.26. The largest absolute Gasteiger partial charge is 0.312 e. The van der Waals surface area contributed by atoms with Gasteiger partial charge < -0.3 is 4.90 Å². The molecule has 1 aliphatic rings. The number of nitrogens with zero attached hydrogens (tertiary/aromatic N) is 2. The zero-order chi connectivity index (χ0) is 18.5. The van der Waals surface area contributed by atoms with E-state index in [9.17, 15) is 9.59 Å². The van der Waals surface area contributed by atoms with Crippen LogP contribution >= 0.6 is 27.7 Å². The lowest BCUT2D eigenvalue weighted by molar-refractivity contribution is -0.126. The van der Waals surface area contributed by atoms with Crippen molar-refractivity contribution >= 4 is 51.4 Å². The quantitative estimate of drug-likeness (QED) is 0.446. The Morgan fingerprint density at radius 3 is 2.58 bits per heavy atom. The lowest BCUT2D eigenvalue weighted by Crippen LogP contribution is -2.30. The Labute approximate surface area is 165 Å². The van der Waals surface area contributed by atoms with Crippen molar-refractivity contribution in [2.75, 3.05) is 17.7 Å². The van der Waals surface area contributed by atoms with Crippen LogP contribution in [0.3, 0.4) is 0 Å². The molecule has 0 spiro atoms. The van der Waals surface area contributed by atoms with Crippen molar-refractivity contribution in [1.82, 2.24) is 5.43 Å². The van der Waals surface area contributed by atoms with Crippen LogP contribution in [0, 0.1) is 5.92 Å². The van der Waals surface area contributed by atoms with E-state index in [1.165, 1.54) is 4.90 Å². The van der Waals surface area contributed by atoms with Crippen LogP contribution < -0.4 is 10.3 Å². The third kappa shape index (κ3) is 4.53. The van der Waals surface area contributed by atoms with Gasteiger partial charge in [-0.3, -0.25) is 9.59 Å². The molecular formula is C19H18BrN3O2S. The van der Waals surface area contributed by atoms with Gasteiger partial charge in [0.05, 0.1) is 12.1 Å². The summed E-state index contributed by atoms with van der Waals surface area (Å²) in [5, 5.41) is 4.01. The number of rotatable bonds is 5. The van der Waals surface area contributed by atoms with E-state index in [1.54, 1.807) is 22.9 Å². The number of hydrazone groups is 1. The van der Waals surface area contributed by atoms with Gasteiger partial charge in [-0.05, 0) is 48.2 Å². The van der Waals surface area contributed by atoms with Crippen LogP contribution in [-0.4, -0.2) is 30.8 Å². The van der Waals surface area contributed by atoms with E-state index in [4.69, 9.17) is 0 Å². The second kappa shape index (κ2) is 8.51. The van der Waals surface area contributed by atoms with Crippen LogP contribution in [0.15, 0.2) is 63.0 Å². The summed E-state index contributed by atoms with van der Waals surface area (Å²) in [6, 6.07) is 15.4. The number of carbonyl (C=O) groups excluding carboxylic acids is 2. The molecule has 26 heavy (non-hydrogen) atoms. The van der Waals surface area contributed by atoms with E-state index < -0.39 is 5.92 Å². The van der Waals surface area contributed by atoms with Crippen molar-refractivity contribution in [1.29, 1.82) is 0 Å². The van der Waals surface area contributed by atoms with E-state index >= 15 is 0 Å². The number of amides is 2. The molecule has 1 saturated heterocycles. The standard InChI is InChI=1S/C19H18BrN3O2S/c1-26-17-8-2-13(3-9-17)11-21-22-19(25)14-10-18(24)23(12-14)16-6-4-15(20)5-7-16/h2-9,11,14H,10,12H2,1H3,(H,22,25)/b21-11-/t14-/m0/s1. The molecular weight excluding hydrogens is 414 g/mol. The third-order valence-electron chi connectivity index (χ3n) is 4.14. The molecule has 2 aromatic rings. The number of benzene rings is 2. The topological polar surface area (TPSA) is 61.8 Å². The highest BCUT2D eigenvalue weighted by atomic mass is 79.9. The van der Waals surface area contributed by atoms with E-state index in [0.717, 1.165) is 15.7 Å². The molecule has 0 aliphatic carbocycles. The van der Waals surface area contributed by atoms with E-state index in [1.807, 2.05) is 54.8 Å². The number of hydrogen-bond acceptors (Lipinski definition) is 4. The Morgan fingerprint density at radius 2 is 1.92 bits per heavy atom. The first-order chi connectivity index (χ1) is 12.6. The fraction of sp³-hybridized carbons (Fsp3) is 0.211. The predicted molar refractivity (Wildman–Crippen MR) is 109 cm³/mol. The fourth-order valence-corrected chi connectivity index (χ4v) is 3.38. The molecule has 0 bridgehead atoms. The summed E-state index contributed by atoms with van der Waals surface area (Å²) in [6.45, 7) is 0.365. The number of halogens is 1. The van der Waals surface area contributed by atoms with Gasteiger partial charge in [-0.1, -0.05) is 28.1 Å². The first-order valence-corrected chi connectivity index (χ1v) is 10.1. The molecule has 0 unspecified atom stereocenters. The third-order valence-corrected chi connectivity index (χ3v) is 5.41. The maximum atomic E-state index is 12.3. The summed E-state index contributed by atoms with van der Waals surface area (Å²) in [7, 11) is 0. The molecule has 1 N–H and O–H groups in total. The van der Waals surface area contributed by atoms with E-state index in [0.29, 0.717) is 6.54 Å². The molecule has 0 radical (unpaired) electrons. The van der Waals surface area contributed by atoms with Crippen molar-refractivity contribution in [3.05, 3.63) is 58.6 Å². The van der Waals surface area contributed by atoms with Crippen LogP contribution in [0.5, 0.6) is 0 Å². The average Bonchev–Trinajstić information content (AvgIpc) is 3.05. The average molecular weight is 432 g/mol. The molecule has 2 aromatic carbocycles. The minimum absolute atomic E-state index is 0.0518. The van der Waals surface area contributed by atoms with Gasteiger partial charge >= 0.3 is 0 Å². The van der Waals surface area contributed by atoms with Crippen molar-refractivity contribution in [3.8, 4) is 0 Å². The molecule has 1 heterocycles. The Balaban J connectivity index is 1.57. The van der Waals surface area contributed by atoms with Crippen molar-refractivity contribution in [3.63, 3.8) is 0 Å². The summed E-state index contributed by atoms with van der Waals surface area (Å²) >= 11 is 5.04. The maximum Gasteiger partial charge on any atom is 0.245 e. The van der Waals surface area contributed by atoms with E-state index in [-0.39, 0.29) is 18.2 Å². The Bertz CT molecular complexity index is 822. The van der Waals surface area contributed by atoms with Gasteiger partial charge in [0, 0.05) is 28.0 Å². The van der Waals surface area contributed by atoms with E-state index in [2.05, 4.69) is 26.5 Å². The van der Waals surface area contributed by atoms with Gasteiger partial charge in [0.1, 0.15) is 0 Å². The highest BCUT2D eigenvalue weighted by Gasteiger charge is 2.35. The number of hydrogen-bond donors (Lipinski definition) is 1. The normalized spacial score (nSPS) is 17.1. The van der Waals surface area contributed by atoms with Gasteiger partial charge in [-0.15, -0.1) is 11.8 Å². The molecule has 3 rings (SSSR count). The van der Waals surface area contributed by atoms with Crippen LogP contribution in [0.1, 0.15) is 12.0 Å². The molecule has 2 amide bonds. The lowest BCUT2D eigenvalue weighted by atomic mass is 10.1. The van der Waals surface area contributed by atoms with Gasteiger partial charge in [-0.2, -0.15) is 5.10 Å². The van der Waals surface area contributed by atoms with Crippen LogP contribution in [0.25, 0.3) is 0 Å². The number of carbonyl (C=O) groups is 2. The SMILES string of the molecule is CSc1ccc(/C=N\NC(=O)[C@H]2CC(=O)N(c3ccc(Br)cc3)C2)cc1. The van der Waals surface area contributed by atoms with Crippen LogP contribution in [-0.2, 0) is 9.59 Å². The van der Waals surface area contributed by atoms with Crippen LogP contribution in [0.4, 0.5) is 5.69 Å². The van der Waals surface area contributed by atoms with Crippen molar-refractivity contribution in [2.24, 2.45) is 11.0 Å². The summed E-state index contributed by atoms with van der Waals surface area (Å²) in [6.07, 6.45) is 3.81. The van der Waals surface area contributed by atoms with Gasteiger partial charge in [-0.25, -0.2) is 5.43 Å². The smallest absolute Gasteiger partial charge is 0.245 e. The minimum atomic E-state index is -0.401.